The number of aromatic nitrogens is 1. The Morgan fingerprint density at radius 3 is 2.65 bits per heavy atom. The molecule has 2 aromatic rings. The molecule has 84 valence electrons. The summed E-state index contributed by atoms with van der Waals surface area (Å²) in [5.41, 5.74) is 8.72. The summed E-state index contributed by atoms with van der Waals surface area (Å²) < 4.78 is 0. The fraction of sp³-hybridized carbons (Fsp3) is 0.0769. The minimum atomic E-state index is -0.157. The number of H-pyrrole nitrogens is 1. The summed E-state index contributed by atoms with van der Waals surface area (Å²) in [6, 6.07) is 10.5. The molecule has 4 heteroatoms. The van der Waals surface area contributed by atoms with Gasteiger partial charge in [0.25, 0.3) is 0 Å². The maximum absolute atomic E-state index is 11.4. The van der Waals surface area contributed by atoms with E-state index in [4.69, 9.17) is 11.0 Å². The van der Waals surface area contributed by atoms with Gasteiger partial charge in [0.2, 0.25) is 5.56 Å². The molecule has 4 nitrogen and oxygen atoms in total. The number of nitrogens with two attached hydrogens (primary N) is 1. The molecule has 0 atom stereocenters. The van der Waals surface area contributed by atoms with E-state index in [1.54, 1.807) is 18.2 Å². The maximum Gasteiger partial charge on any atom is 0.248 e. The number of aryl methyl sites for hydroxylation is 1. The Balaban J connectivity index is 2.61. The van der Waals surface area contributed by atoms with Crippen LogP contribution in [0.3, 0.4) is 0 Å². The van der Waals surface area contributed by atoms with Gasteiger partial charge in [0.1, 0.15) is 6.07 Å². The molecule has 0 aliphatic heterocycles. The standard InChI is InChI=1S/C13H11N3O/c1-8-4-10(6-13(17)16-8)9-2-3-12(15)11(5-9)7-14/h2-6H,15H2,1H3,(H,16,17). The summed E-state index contributed by atoms with van der Waals surface area (Å²) in [5, 5.41) is 8.90. The van der Waals surface area contributed by atoms with E-state index in [1.807, 2.05) is 19.1 Å². The molecule has 0 unspecified atom stereocenters. The quantitative estimate of drug-likeness (QED) is 0.726. The van der Waals surface area contributed by atoms with Crippen molar-refractivity contribution in [1.29, 1.82) is 5.26 Å². The van der Waals surface area contributed by atoms with Crippen molar-refractivity contribution in [2.24, 2.45) is 0 Å². The van der Waals surface area contributed by atoms with Crippen LogP contribution in [-0.4, -0.2) is 4.98 Å². The van der Waals surface area contributed by atoms with Crippen LogP contribution in [0.4, 0.5) is 5.69 Å². The third-order valence-corrected chi connectivity index (χ3v) is 2.49. The molecule has 3 N–H and O–H groups in total. The summed E-state index contributed by atoms with van der Waals surface area (Å²) >= 11 is 0. The number of pyridine rings is 1. The molecule has 0 aliphatic carbocycles. The van der Waals surface area contributed by atoms with Crippen LogP contribution >= 0.6 is 0 Å². The fourth-order valence-electron chi connectivity index (χ4n) is 1.68. The summed E-state index contributed by atoms with van der Waals surface area (Å²) in [4.78, 5) is 14.0. The summed E-state index contributed by atoms with van der Waals surface area (Å²) in [7, 11) is 0. The largest absolute Gasteiger partial charge is 0.398 e. The van der Waals surface area contributed by atoms with Crippen LogP contribution < -0.4 is 11.3 Å². The Kier molecular flexibility index (Phi) is 2.67. The van der Waals surface area contributed by atoms with Gasteiger partial charge in [0, 0.05) is 17.4 Å². The Morgan fingerprint density at radius 2 is 2.00 bits per heavy atom. The van der Waals surface area contributed by atoms with Crippen molar-refractivity contribution in [3.8, 4) is 17.2 Å². The molecule has 1 heterocycles. The van der Waals surface area contributed by atoms with Crippen LogP contribution in [0, 0.1) is 18.3 Å². The van der Waals surface area contributed by atoms with Crippen LogP contribution in [0.15, 0.2) is 35.1 Å². The molecule has 2 rings (SSSR count). The molecule has 0 saturated heterocycles. The predicted molar refractivity (Wildman–Crippen MR) is 66.4 cm³/mol. The monoisotopic (exact) mass is 225 g/mol. The van der Waals surface area contributed by atoms with E-state index in [9.17, 15) is 4.79 Å². The van der Waals surface area contributed by atoms with Gasteiger partial charge in [-0.1, -0.05) is 6.07 Å². The highest BCUT2D eigenvalue weighted by Gasteiger charge is 2.04. The Hall–Kier alpha value is -2.54. The van der Waals surface area contributed by atoms with Gasteiger partial charge in [-0.3, -0.25) is 4.79 Å². The lowest BCUT2D eigenvalue weighted by atomic mass is 10.0. The van der Waals surface area contributed by atoms with Crippen molar-refractivity contribution in [2.45, 2.75) is 6.92 Å². The van der Waals surface area contributed by atoms with Gasteiger partial charge in [0.05, 0.1) is 5.56 Å². The minimum absolute atomic E-state index is 0.157. The first-order chi connectivity index (χ1) is 8.10. The zero-order valence-electron chi connectivity index (χ0n) is 9.32. The number of nitrogens with one attached hydrogen (secondary N) is 1. The first kappa shape index (κ1) is 11.0. The first-order valence-electron chi connectivity index (χ1n) is 5.11. The van der Waals surface area contributed by atoms with Gasteiger partial charge < -0.3 is 10.7 Å². The Labute approximate surface area is 98.3 Å². The average molecular weight is 225 g/mol. The highest BCUT2D eigenvalue weighted by atomic mass is 16.1. The molecule has 0 bridgehead atoms. The van der Waals surface area contributed by atoms with Gasteiger partial charge in [0.15, 0.2) is 0 Å². The minimum Gasteiger partial charge on any atom is -0.398 e. The first-order valence-corrected chi connectivity index (χ1v) is 5.11. The van der Waals surface area contributed by atoms with E-state index in [2.05, 4.69) is 4.98 Å². The molecule has 17 heavy (non-hydrogen) atoms. The lowest BCUT2D eigenvalue weighted by Gasteiger charge is -2.04. The van der Waals surface area contributed by atoms with E-state index >= 15 is 0 Å². The third-order valence-electron chi connectivity index (χ3n) is 2.49. The second-order valence-corrected chi connectivity index (χ2v) is 3.83. The number of nitrogens with zero attached hydrogens (tertiary/aromatic N) is 1. The second kappa shape index (κ2) is 4.14. The molecule has 1 aromatic heterocycles. The second-order valence-electron chi connectivity index (χ2n) is 3.83. The molecule has 0 spiro atoms. The maximum atomic E-state index is 11.4. The molecule has 0 radical (unpaired) electrons. The van der Waals surface area contributed by atoms with Crippen molar-refractivity contribution in [2.75, 3.05) is 5.73 Å². The zero-order chi connectivity index (χ0) is 12.4. The van der Waals surface area contributed by atoms with E-state index in [0.717, 1.165) is 16.8 Å². The topological polar surface area (TPSA) is 82.7 Å². The molecule has 0 aliphatic rings. The van der Waals surface area contributed by atoms with Crippen LogP contribution in [0.5, 0.6) is 0 Å². The van der Waals surface area contributed by atoms with Crippen LogP contribution in [0.1, 0.15) is 11.3 Å². The number of aromatic amines is 1. The number of nitriles is 1. The third kappa shape index (κ3) is 2.18. The molecule has 0 saturated carbocycles. The van der Waals surface area contributed by atoms with Crippen molar-refractivity contribution < 1.29 is 0 Å². The number of hydrogen-bond donors (Lipinski definition) is 2. The Bertz CT molecular complexity index is 665. The summed E-state index contributed by atoms with van der Waals surface area (Å²) in [6.07, 6.45) is 0. The van der Waals surface area contributed by atoms with E-state index in [-0.39, 0.29) is 5.56 Å². The molecule has 0 amide bonds. The number of anilines is 1. The van der Waals surface area contributed by atoms with Gasteiger partial charge >= 0.3 is 0 Å². The molecular formula is C13H11N3O. The van der Waals surface area contributed by atoms with Crippen LogP contribution in [0.25, 0.3) is 11.1 Å². The van der Waals surface area contributed by atoms with E-state index < -0.39 is 0 Å². The number of hydrogen-bond acceptors (Lipinski definition) is 3. The predicted octanol–water partition coefficient (Wildman–Crippen LogP) is 1.80. The fourth-order valence-corrected chi connectivity index (χ4v) is 1.68. The van der Waals surface area contributed by atoms with Gasteiger partial charge in [-0.25, -0.2) is 0 Å². The van der Waals surface area contributed by atoms with Crippen molar-refractivity contribution >= 4 is 5.69 Å². The Morgan fingerprint density at radius 1 is 1.24 bits per heavy atom. The molecule has 1 aromatic carbocycles. The highest BCUT2D eigenvalue weighted by molar-refractivity contribution is 5.69. The van der Waals surface area contributed by atoms with Crippen LogP contribution in [-0.2, 0) is 0 Å². The highest BCUT2D eigenvalue weighted by Crippen LogP contribution is 2.22. The van der Waals surface area contributed by atoms with Crippen molar-refractivity contribution in [3.63, 3.8) is 0 Å². The van der Waals surface area contributed by atoms with E-state index in [0.29, 0.717) is 11.3 Å². The SMILES string of the molecule is Cc1cc(-c2ccc(N)c(C#N)c2)cc(=O)[nH]1. The van der Waals surface area contributed by atoms with Crippen molar-refractivity contribution in [1.82, 2.24) is 4.98 Å². The molecule has 0 fully saturated rings. The summed E-state index contributed by atoms with van der Waals surface area (Å²) in [5.74, 6) is 0. The van der Waals surface area contributed by atoms with E-state index in [1.165, 1.54) is 6.07 Å². The smallest absolute Gasteiger partial charge is 0.248 e. The number of benzene rings is 1. The van der Waals surface area contributed by atoms with Crippen molar-refractivity contribution in [3.05, 3.63) is 51.9 Å². The number of rotatable bonds is 1. The number of nitrogen functional groups attached to an aromatic ring is 1. The normalized spacial score (nSPS) is 9.88. The van der Waals surface area contributed by atoms with Gasteiger partial charge in [-0.05, 0) is 36.2 Å². The summed E-state index contributed by atoms with van der Waals surface area (Å²) in [6.45, 7) is 1.81. The van der Waals surface area contributed by atoms with Gasteiger partial charge in [-0.15, -0.1) is 0 Å². The average Bonchev–Trinajstić information content (AvgIpc) is 2.28. The lowest BCUT2D eigenvalue weighted by molar-refractivity contribution is 1.14. The molecular weight excluding hydrogens is 214 g/mol. The zero-order valence-corrected chi connectivity index (χ0v) is 9.32. The van der Waals surface area contributed by atoms with Crippen LogP contribution in [0.2, 0.25) is 0 Å². The van der Waals surface area contributed by atoms with Gasteiger partial charge in [-0.2, -0.15) is 5.26 Å². The lowest BCUT2D eigenvalue weighted by Crippen LogP contribution is -2.05.